The summed E-state index contributed by atoms with van der Waals surface area (Å²) in [5.41, 5.74) is 5.93. The lowest BCUT2D eigenvalue weighted by atomic mass is 9.53. The van der Waals surface area contributed by atoms with Crippen LogP contribution < -0.4 is 0 Å². The predicted molar refractivity (Wildman–Crippen MR) is 149 cm³/mol. The molecule has 5 aliphatic rings. The third-order valence-electron chi connectivity index (χ3n) is 10.5. The third kappa shape index (κ3) is 4.43. The molecule has 7 heteroatoms. The molecule has 1 aromatic carbocycles. The topological polar surface area (TPSA) is 81.2 Å². The minimum atomic E-state index is -0.277. The van der Waals surface area contributed by atoms with Crippen molar-refractivity contribution in [2.45, 2.75) is 63.9 Å². The average Bonchev–Trinajstić information content (AvgIpc) is 3.25. The number of aliphatic hydroxyl groups is 1. The van der Waals surface area contributed by atoms with Crippen molar-refractivity contribution in [3.05, 3.63) is 58.2 Å². The lowest BCUT2D eigenvalue weighted by molar-refractivity contribution is -0.114. The van der Waals surface area contributed by atoms with E-state index in [1.54, 1.807) is 23.9 Å². The summed E-state index contributed by atoms with van der Waals surface area (Å²) in [6.07, 6.45) is 7.91. The van der Waals surface area contributed by atoms with E-state index in [1.807, 2.05) is 23.1 Å². The largest absolute Gasteiger partial charge is 0.393 e. The summed E-state index contributed by atoms with van der Waals surface area (Å²) < 4.78 is 0. The molecular weight excluding hydrogens is 490 g/mol. The minimum Gasteiger partial charge on any atom is -0.393 e. The van der Waals surface area contributed by atoms with Gasteiger partial charge in [0.05, 0.1) is 6.10 Å². The summed E-state index contributed by atoms with van der Waals surface area (Å²) in [7, 11) is 3.50. The number of benzene rings is 1. The van der Waals surface area contributed by atoms with E-state index in [-0.39, 0.29) is 35.2 Å². The van der Waals surface area contributed by atoms with Crippen LogP contribution in [0.4, 0.5) is 4.79 Å². The molecule has 1 aromatic rings. The average molecular weight is 532 g/mol. The molecule has 39 heavy (non-hydrogen) atoms. The minimum absolute atomic E-state index is 0.00831. The van der Waals surface area contributed by atoms with Gasteiger partial charge in [0.15, 0.2) is 5.78 Å². The van der Waals surface area contributed by atoms with E-state index in [9.17, 15) is 19.5 Å². The summed E-state index contributed by atoms with van der Waals surface area (Å²) >= 11 is 0. The number of nitrogens with zero attached hydrogens (tertiary/aromatic N) is 3. The number of ketones is 1. The van der Waals surface area contributed by atoms with Crippen LogP contribution in [0.1, 0.15) is 73.7 Å². The van der Waals surface area contributed by atoms with Crippen molar-refractivity contribution in [1.29, 1.82) is 0 Å². The number of aliphatic hydroxyl groups excluding tert-OH is 1. The van der Waals surface area contributed by atoms with Crippen molar-refractivity contribution in [3.8, 4) is 0 Å². The van der Waals surface area contributed by atoms with E-state index < -0.39 is 0 Å². The van der Waals surface area contributed by atoms with Crippen LogP contribution in [-0.2, 0) is 4.79 Å². The van der Waals surface area contributed by atoms with Crippen LogP contribution in [-0.4, -0.2) is 83.9 Å². The second-order valence-corrected chi connectivity index (χ2v) is 12.8. The molecule has 1 aliphatic heterocycles. The fraction of sp³-hybridized carbons (Fsp3) is 0.594. The van der Waals surface area contributed by atoms with Crippen molar-refractivity contribution >= 4 is 17.7 Å². The molecule has 3 amide bonds. The summed E-state index contributed by atoms with van der Waals surface area (Å²) in [5, 5.41) is 11.1. The highest BCUT2D eigenvalue weighted by atomic mass is 16.3. The lowest BCUT2D eigenvalue weighted by Gasteiger charge is -2.52. The maximum absolute atomic E-state index is 13.3. The van der Waals surface area contributed by atoms with Gasteiger partial charge in [-0.15, -0.1) is 0 Å². The van der Waals surface area contributed by atoms with Gasteiger partial charge in [-0.2, -0.15) is 0 Å². The Labute approximate surface area is 231 Å². The van der Waals surface area contributed by atoms with Crippen molar-refractivity contribution in [1.82, 2.24) is 14.7 Å². The molecule has 7 nitrogen and oxygen atoms in total. The summed E-state index contributed by atoms with van der Waals surface area (Å²) in [6, 6.07) is 8.13. The van der Waals surface area contributed by atoms with Crippen LogP contribution in [0.25, 0.3) is 0 Å². The number of urea groups is 1. The Bertz CT molecular complexity index is 1240. The highest BCUT2D eigenvalue weighted by molar-refractivity contribution is 5.94. The molecule has 3 fully saturated rings. The van der Waals surface area contributed by atoms with Gasteiger partial charge in [-0.05, 0) is 90.7 Å². The van der Waals surface area contributed by atoms with Crippen LogP contribution in [0, 0.1) is 17.3 Å². The number of carbonyl (C=O) groups excluding carboxylic acids is 3. The molecule has 208 valence electrons. The number of carbonyl (C=O) groups is 3. The Morgan fingerprint density at radius 1 is 0.949 bits per heavy atom. The molecule has 1 N–H and O–H groups in total. The molecule has 4 aliphatic carbocycles. The summed E-state index contributed by atoms with van der Waals surface area (Å²) in [6.45, 7) is 4.44. The summed E-state index contributed by atoms with van der Waals surface area (Å²) in [4.78, 5) is 43.0. The van der Waals surface area contributed by atoms with Crippen molar-refractivity contribution in [2.24, 2.45) is 17.3 Å². The fourth-order valence-electron chi connectivity index (χ4n) is 8.36. The van der Waals surface area contributed by atoms with Gasteiger partial charge in [-0.25, -0.2) is 4.79 Å². The molecule has 5 unspecified atom stereocenters. The Hall–Kier alpha value is -2.93. The normalized spacial score (nSPS) is 32.3. The number of fused-ring (bicyclic) bond motifs is 4. The van der Waals surface area contributed by atoms with Crippen LogP contribution in [0.2, 0.25) is 0 Å². The first kappa shape index (κ1) is 26.3. The second-order valence-electron chi connectivity index (χ2n) is 12.8. The number of hydrogen-bond acceptors (Lipinski definition) is 4. The highest BCUT2D eigenvalue weighted by Gasteiger charge is 2.56. The Morgan fingerprint density at radius 2 is 1.64 bits per heavy atom. The van der Waals surface area contributed by atoms with E-state index in [0.717, 1.165) is 38.5 Å². The molecule has 0 spiro atoms. The Kier molecular flexibility index (Phi) is 6.69. The van der Waals surface area contributed by atoms with E-state index in [2.05, 4.69) is 19.1 Å². The van der Waals surface area contributed by atoms with Gasteiger partial charge in [0.25, 0.3) is 5.91 Å². The number of piperazine rings is 1. The molecule has 2 saturated carbocycles. The van der Waals surface area contributed by atoms with E-state index in [0.29, 0.717) is 50.0 Å². The van der Waals surface area contributed by atoms with Crippen molar-refractivity contribution < 1.29 is 19.5 Å². The molecule has 5 atom stereocenters. The maximum atomic E-state index is 13.3. The quantitative estimate of drug-likeness (QED) is 0.614. The highest BCUT2D eigenvalue weighted by Crippen LogP contribution is 2.63. The van der Waals surface area contributed by atoms with Crippen LogP contribution in [0.15, 0.2) is 47.1 Å². The third-order valence-corrected chi connectivity index (χ3v) is 10.5. The van der Waals surface area contributed by atoms with E-state index >= 15 is 0 Å². The lowest BCUT2D eigenvalue weighted by Crippen LogP contribution is -2.52. The first-order valence-corrected chi connectivity index (χ1v) is 14.7. The van der Waals surface area contributed by atoms with Gasteiger partial charge in [0, 0.05) is 58.2 Å². The van der Waals surface area contributed by atoms with Gasteiger partial charge < -0.3 is 19.8 Å². The van der Waals surface area contributed by atoms with Gasteiger partial charge in [-0.1, -0.05) is 24.6 Å². The molecule has 0 aromatic heterocycles. The zero-order chi connectivity index (χ0) is 27.5. The number of allylic oxidation sites excluding steroid dienone is 4. The van der Waals surface area contributed by atoms with Crippen LogP contribution in [0.5, 0.6) is 0 Å². The van der Waals surface area contributed by atoms with Gasteiger partial charge >= 0.3 is 6.03 Å². The standard InChI is InChI=1S/C32H41N3O4/c1-32-19-26(29-24-11-9-23(36)18-22(24)8-10-25(29)27(32)12-13-28(32)37)20-4-6-21(7-5-20)30(38)34-14-16-35(17-15-34)31(39)33(2)3/h4-7,18,25-28,37H,8-17,19H2,1-3H3. The van der Waals surface area contributed by atoms with Crippen LogP contribution in [0.3, 0.4) is 0 Å². The molecule has 1 saturated heterocycles. The van der Waals surface area contributed by atoms with E-state index in [4.69, 9.17) is 0 Å². The Morgan fingerprint density at radius 3 is 2.33 bits per heavy atom. The van der Waals surface area contributed by atoms with Gasteiger partial charge in [0.2, 0.25) is 0 Å². The predicted octanol–water partition coefficient (Wildman–Crippen LogP) is 4.39. The van der Waals surface area contributed by atoms with Crippen molar-refractivity contribution in [2.75, 3.05) is 40.3 Å². The fourth-order valence-corrected chi connectivity index (χ4v) is 8.36. The number of rotatable bonds is 2. The molecule has 6 rings (SSSR count). The Balaban J connectivity index is 1.27. The molecular formula is C32H41N3O4. The number of amides is 3. The second kappa shape index (κ2) is 9.92. The zero-order valence-corrected chi connectivity index (χ0v) is 23.5. The molecule has 0 radical (unpaired) electrons. The monoisotopic (exact) mass is 531 g/mol. The zero-order valence-electron chi connectivity index (χ0n) is 23.5. The van der Waals surface area contributed by atoms with Crippen molar-refractivity contribution in [3.63, 3.8) is 0 Å². The first-order valence-electron chi connectivity index (χ1n) is 14.7. The maximum Gasteiger partial charge on any atom is 0.319 e. The van der Waals surface area contributed by atoms with E-state index in [1.165, 1.54) is 22.3 Å². The molecule has 0 bridgehead atoms. The smallest absolute Gasteiger partial charge is 0.319 e. The summed E-state index contributed by atoms with van der Waals surface area (Å²) in [5.74, 6) is 1.39. The van der Waals surface area contributed by atoms with Gasteiger partial charge in [0.1, 0.15) is 0 Å². The first-order chi connectivity index (χ1) is 18.7. The van der Waals surface area contributed by atoms with Gasteiger partial charge in [-0.3, -0.25) is 9.59 Å². The van der Waals surface area contributed by atoms with Crippen LogP contribution >= 0.6 is 0 Å². The molecule has 1 heterocycles. The SMILES string of the molecule is CN(C)C(=O)N1CCN(C(=O)c2ccc(C3CC4(C)C(O)CCC4C4CCC5=CC(=O)CCC5=C34)cc2)CC1. The number of hydrogen-bond donors (Lipinski definition) is 1.